The summed E-state index contributed by atoms with van der Waals surface area (Å²) in [5.74, 6) is -0.984. The van der Waals surface area contributed by atoms with Crippen molar-refractivity contribution in [3.05, 3.63) is 29.8 Å². The van der Waals surface area contributed by atoms with Gasteiger partial charge < -0.3 is 21.1 Å². The first-order chi connectivity index (χ1) is 9.59. The molecule has 4 N–H and O–H groups in total. The van der Waals surface area contributed by atoms with E-state index in [1.807, 2.05) is 0 Å². The molecule has 2 rings (SSSR count). The summed E-state index contributed by atoms with van der Waals surface area (Å²) in [6, 6.07) is 6.30. The van der Waals surface area contributed by atoms with Crippen LogP contribution in [0, 0.1) is 0 Å². The van der Waals surface area contributed by atoms with Crippen LogP contribution in [0.3, 0.4) is 0 Å². The Hall–Kier alpha value is -2.08. The van der Waals surface area contributed by atoms with Gasteiger partial charge in [0, 0.05) is 6.04 Å². The van der Waals surface area contributed by atoms with Gasteiger partial charge in [-0.15, -0.1) is 0 Å². The van der Waals surface area contributed by atoms with Gasteiger partial charge in [-0.05, 0) is 38.1 Å². The molecule has 108 valence electrons. The number of carbonyl (C=O) groups excluding carboxylic acids is 2. The maximum Gasteiger partial charge on any atom is 0.258 e. The Labute approximate surface area is 117 Å². The second-order valence-corrected chi connectivity index (χ2v) is 4.90. The highest BCUT2D eigenvalue weighted by Gasteiger charge is 2.28. The van der Waals surface area contributed by atoms with Crippen LogP contribution in [0.15, 0.2) is 24.3 Å². The number of aromatic hydroxyl groups is 1. The zero-order valence-electron chi connectivity index (χ0n) is 11.2. The number of nitrogens with two attached hydrogens (primary N) is 1. The number of piperidine rings is 1. The van der Waals surface area contributed by atoms with E-state index in [4.69, 9.17) is 5.73 Å². The lowest BCUT2D eigenvalue weighted by Crippen LogP contribution is -2.49. The average molecular weight is 277 g/mol. The minimum atomic E-state index is -0.549. The van der Waals surface area contributed by atoms with Crippen LogP contribution in [0.1, 0.15) is 23.2 Å². The van der Waals surface area contributed by atoms with Crippen LogP contribution in [-0.4, -0.2) is 47.5 Å². The quantitative estimate of drug-likeness (QED) is 0.726. The van der Waals surface area contributed by atoms with Crippen molar-refractivity contribution in [1.82, 2.24) is 10.2 Å². The molecule has 2 amide bonds. The predicted molar refractivity (Wildman–Crippen MR) is 74.2 cm³/mol. The molecule has 0 aromatic heterocycles. The number of amides is 2. The number of nitrogens with one attached hydrogen (secondary N) is 1. The SMILES string of the molecule is NC(=O)CN(C(=O)c1ccccc1O)C1CCNCC1. The minimum Gasteiger partial charge on any atom is -0.507 e. The smallest absolute Gasteiger partial charge is 0.258 e. The number of hydrogen-bond acceptors (Lipinski definition) is 4. The summed E-state index contributed by atoms with van der Waals surface area (Å²) in [6.07, 6.45) is 1.54. The fourth-order valence-corrected chi connectivity index (χ4v) is 2.46. The topological polar surface area (TPSA) is 95.7 Å². The van der Waals surface area contributed by atoms with E-state index < -0.39 is 5.91 Å². The van der Waals surface area contributed by atoms with Gasteiger partial charge in [-0.2, -0.15) is 0 Å². The molecule has 1 aliphatic rings. The molecule has 1 aromatic carbocycles. The van der Waals surface area contributed by atoms with Gasteiger partial charge in [0.25, 0.3) is 5.91 Å². The number of phenolic OH excluding ortho intramolecular Hbond substituents is 1. The molecule has 6 heteroatoms. The van der Waals surface area contributed by atoms with Gasteiger partial charge >= 0.3 is 0 Å². The number of primary amides is 1. The molecule has 1 saturated heterocycles. The van der Waals surface area contributed by atoms with Crippen molar-refractivity contribution in [2.24, 2.45) is 5.73 Å². The Morgan fingerprint density at radius 3 is 2.55 bits per heavy atom. The third-order valence-corrected chi connectivity index (χ3v) is 3.47. The number of carbonyl (C=O) groups is 2. The zero-order valence-corrected chi connectivity index (χ0v) is 11.2. The Balaban J connectivity index is 2.23. The molecule has 1 aromatic rings. The summed E-state index contributed by atoms with van der Waals surface area (Å²) in [7, 11) is 0. The minimum absolute atomic E-state index is 0.0316. The Morgan fingerprint density at radius 2 is 1.95 bits per heavy atom. The van der Waals surface area contributed by atoms with Crippen molar-refractivity contribution in [3.8, 4) is 5.75 Å². The Kier molecular flexibility index (Phi) is 4.57. The molecule has 0 saturated carbocycles. The molecular formula is C14H19N3O3. The first-order valence-electron chi connectivity index (χ1n) is 6.67. The van der Waals surface area contributed by atoms with Crippen LogP contribution in [0.4, 0.5) is 0 Å². The van der Waals surface area contributed by atoms with Crippen LogP contribution in [0.5, 0.6) is 5.75 Å². The van der Waals surface area contributed by atoms with Crippen molar-refractivity contribution in [3.63, 3.8) is 0 Å². The molecule has 1 aliphatic heterocycles. The van der Waals surface area contributed by atoms with E-state index in [-0.39, 0.29) is 29.8 Å². The standard InChI is InChI=1S/C14H19N3O3/c15-13(19)9-17(10-5-7-16-8-6-10)14(20)11-3-1-2-4-12(11)18/h1-4,10,16,18H,5-9H2,(H2,15,19). The van der Waals surface area contributed by atoms with Gasteiger partial charge in [-0.3, -0.25) is 9.59 Å². The zero-order chi connectivity index (χ0) is 14.5. The molecule has 6 nitrogen and oxygen atoms in total. The second kappa shape index (κ2) is 6.38. The number of nitrogens with zero attached hydrogens (tertiary/aromatic N) is 1. The monoisotopic (exact) mass is 277 g/mol. The van der Waals surface area contributed by atoms with Crippen LogP contribution in [0.25, 0.3) is 0 Å². The van der Waals surface area contributed by atoms with Gasteiger partial charge in [-0.25, -0.2) is 0 Å². The summed E-state index contributed by atoms with van der Waals surface area (Å²) in [5.41, 5.74) is 5.44. The summed E-state index contributed by atoms with van der Waals surface area (Å²) in [4.78, 5) is 25.2. The Morgan fingerprint density at radius 1 is 1.30 bits per heavy atom. The fraction of sp³-hybridized carbons (Fsp3) is 0.429. The van der Waals surface area contributed by atoms with Gasteiger partial charge in [0.1, 0.15) is 5.75 Å². The van der Waals surface area contributed by atoms with Gasteiger partial charge in [0.15, 0.2) is 0 Å². The molecule has 0 radical (unpaired) electrons. The van der Waals surface area contributed by atoms with Gasteiger partial charge in [-0.1, -0.05) is 12.1 Å². The largest absolute Gasteiger partial charge is 0.507 e. The van der Waals surface area contributed by atoms with Crippen LogP contribution in [-0.2, 0) is 4.79 Å². The van der Waals surface area contributed by atoms with Crippen LogP contribution < -0.4 is 11.1 Å². The predicted octanol–water partition coefficient (Wildman–Crippen LogP) is 0.0717. The number of hydrogen-bond donors (Lipinski definition) is 3. The summed E-state index contributed by atoms with van der Waals surface area (Å²) < 4.78 is 0. The van der Waals surface area contributed by atoms with E-state index in [0.717, 1.165) is 25.9 Å². The fourth-order valence-electron chi connectivity index (χ4n) is 2.46. The number of phenols is 1. The highest BCUT2D eigenvalue weighted by atomic mass is 16.3. The third kappa shape index (κ3) is 3.27. The first-order valence-corrected chi connectivity index (χ1v) is 6.67. The van der Waals surface area contributed by atoms with Crippen LogP contribution in [0.2, 0.25) is 0 Å². The summed E-state index contributed by atoms with van der Waals surface area (Å²) >= 11 is 0. The van der Waals surface area contributed by atoms with Crippen molar-refractivity contribution in [1.29, 1.82) is 0 Å². The van der Waals surface area contributed by atoms with Crippen molar-refractivity contribution in [2.45, 2.75) is 18.9 Å². The lowest BCUT2D eigenvalue weighted by molar-refractivity contribution is -0.119. The Bertz CT molecular complexity index is 498. The van der Waals surface area contributed by atoms with Crippen molar-refractivity contribution in [2.75, 3.05) is 19.6 Å². The molecular weight excluding hydrogens is 258 g/mol. The second-order valence-electron chi connectivity index (χ2n) is 4.90. The number of rotatable bonds is 4. The molecule has 20 heavy (non-hydrogen) atoms. The van der Waals surface area contributed by atoms with Crippen molar-refractivity contribution < 1.29 is 14.7 Å². The third-order valence-electron chi connectivity index (χ3n) is 3.47. The highest BCUT2D eigenvalue weighted by molar-refractivity contribution is 5.98. The molecule has 0 bridgehead atoms. The van der Waals surface area contributed by atoms with Crippen LogP contribution >= 0.6 is 0 Å². The van der Waals surface area contributed by atoms with E-state index in [1.165, 1.54) is 11.0 Å². The van der Waals surface area contributed by atoms with E-state index in [9.17, 15) is 14.7 Å². The normalized spacial score (nSPS) is 15.8. The lowest BCUT2D eigenvalue weighted by Gasteiger charge is -2.34. The summed E-state index contributed by atoms with van der Waals surface area (Å²) in [5, 5.41) is 13.0. The average Bonchev–Trinajstić information content (AvgIpc) is 2.45. The summed E-state index contributed by atoms with van der Waals surface area (Å²) in [6.45, 7) is 1.47. The first kappa shape index (κ1) is 14.3. The maximum absolute atomic E-state index is 12.5. The molecule has 0 atom stereocenters. The lowest BCUT2D eigenvalue weighted by atomic mass is 10.0. The molecule has 1 fully saturated rings. The van der Waals surface area contributed by atoms with E-state index in [2.05, 4.69) is 5.32 Å². The van der Waals surface area contributed by atoms with E-state index >= 15 is 0 Å². The van der Waals surface area contributed by atoms with Gasteiger partial charge in [0.2, 0.25) is 5.91 Å². The molecule has 0 spiro atoms. The molecule has 0 aliphatic carbocycles. The maximum atomic E-state index is 12.5. The van der Waals surface area contributed by atoms with E-state index in [1.54, 1.807) is 18.2 Å². The van der Waals surface area contributed by atoms with Crippen molar-refractivity contribution >= 4 is 11.8 Å². The van der Waals surface area contributed by atoms with E-state index in [0.29, 0.717) is 0 Å². The van der Waals surface area contributed by atoms with Gasteiger partial charge in [0.05, 0.1) is 12.1 Å². The highest BCUT2D eigenvalue weighted by Crippen LogP contribution is 2.21. The number of benzene rings is 1. The molecule has 0 unspecified atom stereocenters. The number of para-hydroxylation sites is 1. The molecule has 1 heterocycles.